The summed E-state index contributed by atoms with van der Waals surface area (Å²) < 4.78 is 19.4. The second-order valence-electron chi connectivity index (χ2n) is 5.77. The zero-order valence-electron chi connectivity index (χ0n) is 14.2. The zero-order chi connectivity index (χ0) is 18.2. The standard InChI is InChI=1S/C19H21ClFNO2S/c1-13-5-3-4-6-18(13)24-10-14(2)22-19(23)12-25-11-15-7-8-16(20)9-17(15)21/h3-9,14H,10-12H2,1-2H3,(H,22,23)/t14-/m0/s1. The predicted molar refractivity (Wildman–Crippen MR) is 102 cm³/mol. The van der Waals surface area contributed by atoms with Crippen molar-refractivity contribution in [2.24, 2.45) is 0 Å². The number of carbonyl (C=O) groups excluding carboxylic acids is 1. The number of nitrogens with one attached hydrogen (secondary N) is 1. The van der Waals surface area contributed by atoms with Gasteiger partial charge in [0.25, 0.3) is 0 Å². The van der Waals surface area contributed by atoms with Gasteiger partial charge in [0, 0.05) is 10.8 Å². The summed E-state index contributed by atoms with van der Waals surface area (Å²) in [6, 6.07) is 12.2. The van der Waals surface area contributed by atoms with Gasteiger partial charge in [0.2, 0.25) is 5.91 Å². The van der Waals surface area contributed by atoms with Crippen LogP contribution in [-0.4, -0.2) is 24.3 Å². The van der Waals surface area contributed by atoms with Crippen LogP contribution in [0.2, 0.25) is 5.02 Å². The molecule has 2 rings (SSSR count). The van der Waals surface area contributed by atoms with E-state index in [0.717, 1.165) is 11.3 Å². The number of halogens is 2. The minimum Gasteiger partial charge on any atom is -0.491 e. The number of carbonyl (C=O) groups is 1. The van der Waals surface area contributed by atoms with E-state index in [1.165, 1.54) is 17.8 Å². The number of thioether (sulfide) groups is 1. The summed E-state index contributed by atoms with van der Waals surface area (Å²) in [4.78, 5) is 12.0. The van der Waals surface area contributed by atoms with Crippen LogP contribution in [0.5, 0.6) is 5.75 Å². The molecule has 1 atom stereocenters. The van der Waals surface area contributed by atoms with Crippen molar-refractivity contribution < 1.29 is 13.9 Å². The number of para-hydroxylation sites is 1. The van der Waals surface area contributed by atoms with Crippen molar-refractivity contribution in [2.45, 2.75) is 25.6 Å². The van der Waals surface area contributed by atoms with Gasteiger partial charge in [-0.2, -0.15) is 0 Å². The highest BCUT2D eigenvalue weighted by atomic mass is 35.5. The number of hydrogen-bond donors (Lipinski definition) is 1. The van der Waals surface area contributed by atoms with Crippen LogP contribution in [-0.2, 0) is 10.5 Å². The van der Waals surface area contributed by atoms with E-state index in [0.29, 0.717) is 22.9 Å². The molecule has 0 heterocycles. The lowest BCUT2D eigenvalue weighted by molar-refractivity contribution is -0.119. The summed E-state index contributed by atoms with van der Waals surface area (Å²) in [5, 5.41) is 3.25. The van der Waals surface area contributed by atoms with Gasteiger partial charge in [-0.15, -0.1) is 11.8 Å². The monoisotopic (exact) mass is 381 g/mol. The van der Waals surface area contributed by atoms with Crippen LogP contribution < -0.4 is 10.1 Å². The van der Waals surface area contributed by atoms with Gasteiger partial charge in [-0.05, 0) is 43.2 Å². The molecule has 0 aliphatic rings. The van der Waals surface area contributed by atoms with Crippen molar-refractivity contribution in [1.82, 2.24) is 5.32 Å². The van der Waals surface area contributed by atoms with E-state index in [1.807, 2.05) is 38.1 Å². The molecule has 1 N–H and O–H groups in total. The number of hydrogen-bond acceptors (Lipinski definition) is 3. The Balaban J connectivity index is 1.70. The molecule has 2 aromatic rings. The first kappa shape index (κ1) is 19.6. The Labute approximate surface area is 156 Å². The van der Waals surface area contributed by atoms with Crippen LogP contribution in [0, 0.1) is 12.7 Å². The maximum Gasteiger partial charge on any atom is 0.230 e. The molecule has 0 bridgehead atoms. The lowest BCUT2D eigenvalue weighted by atomic mass is 10.2. The van der Waals surface area contributed by atoms with E-state index >= 15 is 0 Å². The molecule has 3 nitrogen and oxygen atoms in total. The SMILES string of the molecule is Cc1ccccc1OC[C@H](C)NC(=O)CSCc1ccc(Cl)cc1F. The molecule has 0 saturated carbocycles. The first-order valence-corrected chi connectivity index (χ1v) is 9.48. The fourth-order valence-corrected chi connectivity index (χ4v) is 3.17. The van der Waals surface area contributed by atoms with E-state index < -0.39 is 0 Å². The topological polar surface area (TPSA) is 38.3 Å². The zero-order valence-corrected chi connectivity index (χ0v) is 15.8. The van der Waals surface area contributed by atoms with Crippen LogP contribution in [0.3, 0.4) is 0 Å². The summed E-state index contributed by atoms with van der Waals surface area (Å²) in [5.74, 6) is 1.05. The van der Waals surface area contributed by atoms with E-state index in [-0.39, 0.29) is 23.5 Å². The van der Waals surface area contributed by atoms with Gasteiger partial charge in [-0.25, -0.2) is 4.39 Å². The van der Waals surface area contributed by atoms with Crippen molar-refractivity contribution in [2.75, 3.05) is 12.4 Å². The fourth-order valence-electron chi connectivity index (χ4n) is 2.18. The molecule has 134 valence electrons. The second-order valence-corrected chi connectivity index (χ2v) is 7.20. The maximum absolute atomic E-state index is 13.7. The van der Waals surface area contributed by atoms with E-state index in [1.54, 1.807) is 12.1 Å². The van der Waals surface area contributed by atoms with Gasteiger partial charge in [-0.1, -0.05) is 35.9 Å². The highest BCUT2D eigenvalue weighted by Gasteiger charge is 2.10. The summed E-state index contributed by atoms with van der Waals surface area (Å²) in [6.45, 7) is 4.26. The van der Waals surface area contributed by atoms with Crippen LogP contribution in [0.4, 0.5) is 4.39 Å². The van der Waals surface area contributed by atoms with Crippen LogP contribution in [0.15, 0.2) is 42.5 Å². The Morgan fingerprint density at radius 3 is 2.80 bits per heavy atom. The molecule has 0 radical (unpaired) electrons. The van der Waals surface area contributed by atoms with Gasteiger partial charge in [-0.3, -0.25) is 4.79 Å². The minimum absolute atomic E-state index is 0.0970. The van der Waals surface area contributed by atoms with Crippen LogP contribution in [0.25, 0.3) is 0 Å². The lowest BCUT2D eigenvalue weighted by Gasteiger charge is -2.16. The minimum atomic E-state index is -0.347. The Kier molecular flexibility index (Phi) is 7.59. The molecule has 2 aromatic carbocycles. The molecule has 0 spiro atoms. The molecule has 0 fully saturated rings. The Bertz CT molecular complexity index is 726. The normalized spacial score (nSPS) is 11.8. The molecule has 0 aromatic heterocycles. The highest BCUT2D eigenvalue weighted by molar-refractivity contribution is 7.99. The molecule has 0 aliphatic carbocycles. The summed E-state index contributed by atoms with van der Waals surface area (Å²) >= 11 is 7.08. The molecule has 0 saturated heterocycles. The number of amides is 1. The molecule has 0 unspecified atom stereocenters. The molecule has 6 heteroatoms. The Morgan fingerprint density at radius 2 is 2.08 bits per heavy atom. The van der Waals surface area contributed by atoms with Gasteiger partial charge in [0.15, 0.2) is 0 Å². The predicted octanol–water partition coefficient (Wildman–Crippen LogP) is 4.60. The van der Waals surface area contributed by atoms with E-state index in [2.05, 4.69) is 5.32 Å². The third kappa shape index (κ3) is 6.59. The van der Waals surface area contributed by atoms with Crippen molar-refractivity contribution in [3.8, 4) is 5.75 Å². The summed E-state index contributed by atoms with van der Waals surface area (Å²) in [5.41, 5.74) is 1.60. The molecule has 0 aliphatic heterocycles. The van der Waals surface area contributed by atoms with Crippen molar-refractivity contribution in [3.05, 3.63) is 64.4 Å². The second kappa shape index (κ2) is 9.68. The first-order valence-electron chi connectivity index (χ1n) is 7.95. The lowest BCUT2D eigenvalue weighted by Crippen LogP contribution is -2.37. The summed E-state index contributed by atoms with van der Waals surface area (Å²) in [7, 11) is 0. The maximum atomic E-state index is 13.7. The molecule has 1 amide bonds. The van der Waals surface area contributed by atoms with Crippen LogP contribution in [0.1, 0.15) is 18.1 Å². The van der Waals surface area contributed by atoms with E-state index in [4.69, 9.17) is 16.3 Å². The Morgan fingerprint density at radius 1 is 1.32 bits per heavy atom. The van der Waals surface area contributed by atoms with Gasteiger partial charge < -0.3 is 10.1 Å². The number of aryl methyl sites for hydroxylation is 1. The van der Waals surface area contributed by atoms with Crippen LogP contribution >= 0.6 is 23.4 Å². The average Bonchev–Trinajstić information content (AvgIpc) is 2.56. The Hall–Kier alpha value is -1.72. The quantitative estimate of drug-likeness (QED) is 0.726. The number of ether oxygens (including phenoxy) is 1. The van der Waals surface area contributed by atoms with Gasteiger partial charge >= 0.3 is 0 Å². The largest absolute Gasteiger partial charge is 0.491 e. The molecular weight excluding hydrogens is 361 g/mol. The average molecular weight is 382 g/mol. The summed E-state index contributed by atoms with van der Waals surface area (Å²) in [6.07, 6.45) is 0. The smallest absolute Gasteiger partial charge is 0.230 e. The third-order valence-corrected chi connectivity index (χ3v) is 4.71. The number of benzene rings is 2. The van der Waals surface area contributed by atoms with E-state index in [9.17, 15) is 9.18 Å². The van der Waals surface area contributed by atoms with Crippen molar-refractivity contribution in [3.63, 3.8) is 0 Å². The van der Waals surface area contributed by atoms with Crippen molar-refractivity contribution >= 4 is 29.3 Å². The highest BCUT2D eigenvalue weighted by Crippen LogP contribution is 2.19. The van der Waals surface area contributed by atoms with Gasteiger partial charge in [0.1, 0.15) is 18.2 Å². The number of rotatable bonds is 8. The van der Waals surface area contributed by atoms with Crippen molar-refractivity contribution in [1.29, 1.82) is 0 Å². The van der Waals surface area contributed by atoms with Gasteiger partial charge in [0.05, 0.1) is 11.8 Å². The third-order valence-electron chi connectivity index (χ3n) is 3.50. The molecular formula is C19H21ClFNO2S. The first-order chi connectivity index (χ1) is 12.0. The fraction of sp³-hybridized carbons (Fsp3) is 0.316. The molecule has 25 heavy (non-hydrogen) atoms.